The molecular weight excluding hydrogens is 362 g/mol. The lowest BCUT2D eigenvalue weighted by atomic mass is 10.0. The van der Waals surface area contributed by atoms with Crippen LogP contribution in [0.5, 0.6) is 0 Å². The van der Waals surface area contributed by atoms with Gasteiger partial charge >= 0.3 is 18.0 Å². The Labute approximate surface area is 163 Å². The van der Waals surface area contributed by atoms with E-state index in [4.69, 9.17) is 9.47 Å². The van der Waals surface area contributed by atoms with Crippen molar-refractivity contribution in [3.05, 3.63) is 71.8 Å². The average Bonchev–Trinajstić information content (AvgIpc) is 2.64. The molecule has 2 N–H and O–H groups in total. The Hall–Kier alpha value is -3.35. The summed E-state index contributed by atoms with van der Waals surface area (Å²) in [5.74, 6) is -2.20. The van der Waals surface area contributed by atoms with Gasteiger partial charge in [0.25, 0.3) is 0 Å². The van der Waals surface area contributed by atoms with Gasteiger partial charge in [-0.1, -0.05) is 48.5 Å². The first kappa shape index (κ1) is 21.0. The minimum absolute atomic E-state index is 0.206. The fourth-order valence-corrected chi connectivity index (χ4v) is 2.45. The molecule has 0 saturated heterocycles. The van der Waals surface area contributed by atoms with Gasteiger partial charge in [0.05, 0.1) is 5.56 Å². The van der Waals surface area contributed by atoms with Crippen molar-refractivity contribution in [1.82, 2.24) is 5.32 Å². The van der Waals surface area contributed by atoms with Crippen LogP contribution in [0.25, 0.3) is 0 Å². The van der Waals surface area contributed by atoms with E-state index in [1.54, 1.807) is 69.3 Å². The predicted molar refractivity (Wildman–Crippen MR) is 102 cm³/mol. The highest BCUT2D eigenvalue weighted by atomic mass is 16.6. The van der Waals surface area contributed by atoms with Gasteiger partial charge in [-0.15, -0.1) is 0 Å². The van der Waals surface area contributed by atoms with Gasteiger partial charge in [-0.2, -0.15) is 0 Å². The molecule has 2 rings (SSSR count). The van der Waals surface area contributed by atoms with E-state index in [0.717, 1.165) is 0 Å². The molecule has 7 nitrogen and oxygen atoms in total. The van der Waals surface area contributed by atoms with Crippen LogP contribution in [0.2, 0.25) is 0 Å². The van der Waals surface area contributed by atoms with Gasteiger partial charge < -0.3 is 19.9 Å². The first-order chi connectivity index (χ1) is 13.2. The number of aliphatic carboxylic acids is 1. The van der Waals surface area contributed by atoms with Crippen LogP contribution in [0.3, 0.4) is 0 Å². The molecule has 148 valence electrons. The van der Waals surface area contributed by atoms with Crippen LogP contribution >= 0.6 is 0 Å². The summed E-state index contributed by atoms with van der Waals surface area (Å²) in [6, 6.07) is 15.3. The van der Waals surface area contributed by atoms with Gasteiger partial charge in [0, 0.05) is 0 Å². The van der Waals surface area contributed by atoms with Crippen LogP contribution in [-0.4, -0.2) is 34.8 Å². The van der Waals surface area contributed by atoms with Gasteiger partial charge in [0.15, 0.2) is 0 Å². The number of rotatable bonds is 6. The molecule has 2 aromatic carbocycles. The molecule has 0 heterocycles. The average molecular weight is 385 g/mol. The van der Waals surface area contributed by atoms with Gasteiger partial charge in [0.1, 0.15) is 11.6 Å². The highest BCUT2D eigenvalue weighted by molar-refractivity contribution is 5.91. The lowest BCUT2D eigenvalue weighted by Crippen LogP contribution is -2.44. The molecule has 7 heteroatoms. The normalized spacial score (nSPS) is 13.1. The van der Waals surface area contributed by atoms with Crippen LogP contribution in [0.1, 0.15) is 42.7 Å². The second-order valence-electron chi connectivity index (χ2n) is 7.06. The smallest absolute Gasteiger partial charge is 0.408 e. The van der Waals surface area contributed by atoms with Gasteiger partial charge in [-0.3, -0.25) is 0 Å². The zero-order valence-electron chi connectivity index (χ0n) is 15.9. The summed E-state index contributed by atoms with van der Waals surface area (Å²) in [7, 11) is 0. The van der Waals surface area contributed by atoms with Crippen LogP contribution in [0.4, 0.5) is 4.79 Å². The Morgan fingerprint density at radius 1 is 0.929 bits per heavy atom. The standard InChI is InChI=1S/C21H23NO6/c1-21(2,3)28-20(26)22-16(14-10-6-4-7-11-14)17(18(23)24)27-19(25)15-12-8-5-9-13-15/h4-13,16-17H,1-3H3,(H,22,26)(H,23,24)/t16-,17+/m0/s1. The van der Waals surface area contributed by atoms with E-state index in [0.29, 0.717) is 5.56 Å². The summed E-state index contributed by atoms with van der Waals surface area (Å²) in [5.41, 5.74) is -0.107. The molecule has 0 unspecified atom stereocenters. The maximum Gasteiger partial charge on any atom is 0.408 e. The molecule has 0 saturated carbocycles. The minimum Gasteiger partial charge on any atom is -0.478 e. The summed E-state index contributed by atoms with van der Waals surface area (Å²) >= 11 is 0. The predicted octanol–water partition coefficient (Wildman–Crippen LogP) is 3.56. The van der Waals surface area contributed by atoms with Crippen molar-refractivity contribution in [2.75, 3.05) is 0 Å². The number of esters is 1. The monoisotopic (exact) mass is 385 g/mol. The molecule has 0 bridgehead atoms. The Balaban J connectivity index is 2.30. The van der Waals surface area contributed by atoms with Crippen molar-refractivity contribution in [3.63, 3.8) is 0 Å². The second kappa shape index (κ2) is 9.03. The minimum atomic E-state index is -1.65. The molecular formula is C21H23NO6. The van der Waals surface area contributed by atoms with Crippen LogP contribution in [0, 0.1) is 0 Å². The molecule has 0 fully saturated rings. The largest absolute Gasteiger partial charge is 0.478 e. The number of carbonyl (C=O) groups excluding carboxylic acids is 2. The van der Waals surface area contributed by atoms with E-state index in [-0.39, 0.29) is 5.56 Å². The Morgan fingerprint density at radius 2 is 1.46 bits per heavy atom. The molecule has 0 radical (unpaired) electrons. The zero-order valence-corrected chi connectivity index (χ0v) is 15.9. The number of carboxylic acid groups (broad SMARTS) is 1. The number of hydrogen-bond donors (Lipinski definition) is 2. The number of benzene rings is 2. The van der Waals surface area contributed by atoms with E-state index in [1.165, 1.54) is 12.1 Å². The van der Waals surface area contributed by atoms with Crippen molar-refractivity contribution in [2.24, 2.45) is 0 Å². The molecule has 0 aromatic heterocycles. The van der Waals surface area contributed by atoms with E-state index < -0.39 is 35.8 Å². The Kier molecular flexibility index (Phi) is 6.76. The zero-order chi connectivity index (χ0) is 20.7. The quantitative estimate of drug-likeness (QED) is 0.737. The fourth-order valence-electron chi connectivity index (χ4n) is 2.45. The van der Waals surface area contributed by atoms with Crippen LogP contribution in [0.15, 0.2) is 60.7 Å². The number of amides is 1. The molecule has 0 spiro atoms. The number of alkyl carbamates (subject to hydrolysis) is 1. The first-order valence-electron chi connectivity index (χ1n) is 8.70. The Morgan fingerprint density at radius 3 is 1.96 bits per heavy atom. The molecule has 2 atom stereocenters. The van der Waals surface area contributed by atoms with E-state index >= 15 is 0 Å². The van der Waals surface area contributed by atoms with Crippen LogP contribution in [-0.2, 0) is 14.3 Å². The first-order valence-corrected chi connectivity index (χ1v) is 8.70. The highest BCUT2D eigenvalue weighted by Gasteiger charge is 2.35. The lowest BCUT2D eigenvalue weighted by Gasteiger charge is -2.27. The summed E-state index contributed by atoms with van der Waals surface area (Å²) < 4.78 is 10.5. The number of hydrogen-bond acceptors (Lipinski definition) is 5. The third kappa shape index (κ3) is 6.12. The SMILES string of the molecule is CC(C)(C)OC(=O)N[C@@H](c1ccccc1)[C@@H](OC(=O)c1ccccc1)C(=O)O. The molecule has 1 amide bonds. The molecule has 0 aliphatic heterocycles. The third-order valence-corrected chi connectivity index (χ3v) is 3.62. The maximum absolute atomic E-state index is 12.4. The van der Waals surface area contributed by atoms with E-state index in [9.17, 15) is 19.5 Å². The number of carboxylic acids is 1. The van der Waals surface area contributed by atoms with Crippen molar-refractivity contribution in [1.29, 1.82) is 0 Å². The fraction of sp³-hybridized carbons (Fsp3) is 0.286. The summed E-state index contributed by atoms with van der Waals surface area (Å²) in [6.45, 7) is 5.07. The molecule has 2 aromatic rings. The molecule has 28 heavy (non-hydrogen) atoms. The maximum atomic E-state index is 12.4. The second-order valence-corrected chi connectivity index (χ2v) is 7.06. The summed E-state index contributed by atoms with van der Waals surface area (Å²) in [4.78, 5) is 36.5. The molecule has 0 aliphatic carbocycles. The topological polar surface area (TPSA) is 102 Å². The summed E-state index contributed by atoms with van der Waals surface area (Å²) in [6.07, 6.45) is -2.47. The van der Waals surface area contributed by atoms with Crippen molar-refractivity contribution < 1.29 is 29.0 Å². The lowest BCUT2D eigenvalue weighted by molar-refractivity contribution is -0.148. The van der Waals surface area contributed by atoms with Crippen molar-refractivity contribution in [2.45, 2.75) is 38.5 Å². The van der Waals surface area contributed by atoms with Crippen LogP contribution < -0.4 is 5.32 Å². The summed E-state index contributed by atoms with van der Waals surface area (Å²) in [5, 5.41) is 12.2. The van der Waals surface area contributed by atoms with Gasteiger partial charge in [0.2, 0.25) is 6.10 Å². The van der Waals surface area contributed by atoms with Crippen molar-refractivity contribution in [3.8, 4) is 0 Å². The van der Waals surface area contributed by atoms with Gasteiger partial charge in [-0.25, -0.2) is 14.4 Å². The number of carbonyl (C=O) groups is 3. The Bertz CT molecular complexity index is 814. The molecule has 0 aliphatic rings. The highest BCUT2D eigenvalue weighted by Crippen LogP contribution is 2.22. The van der Waals surface area contributed by atoms with Crippen molar-refractivity contribution >= 4 is 18.0 Å². The van der Waals surface area contributed by atoms with Gasteiger partial charge in [-0.05, 0) is 38.5 Å². The van der Waals surface area contributed by atoms with E-state index in [1.807, 2.05) is 0 Å². The number of nitrogens with one attached hydrogen (secondary N) is 1. The number of ether oxygens (including phenoxy) is 2. The third-order valence-electron chi connectivity index (χ3n) is 3.62. The van der Waals surface area contributed by atoms with E-state index in [2.05, 4.69) is 5.32 Å².